The van der Waals surface area contributed by atoms with Crippen molar-refractivity contribution in [3.05, 3.63) is 47.3 Å². The molecular weight excluding hydrogens is 296 g/mol. The van der Waals surface area contributed by atoms with Gasteiger partial charge in [0.2, 0.25) is 10.0 Å². The van der Waals surface area contributed by atoms with Gasteiger partial charge in [0.25, 0.3) is 0 Å². The lowest BCUT2D eigenvalue weighted by molar-refractivity contribution is 0.0438. The van der Waals surface area contributed by atoms with Crippen LogP contribution in [-0.4, -0.2) is 25.8 Å². The van der Waals surface area contributed by atoms with Crippen molar-refractivity contribution in [3.63, 3.8) is 0 Å². The molecular formula is C13H14N2O5S. The number of carbonyl (C=O) groups excluding carboxylic acids is 1. The Kier molecular flexibility index (Phi) is 4.27. The Bertz CT molecular complexity index is 751. The van der Waals surface area contributed by atoms with Gasteiger partial charge in [0.05, 0.1) is 23.2 Å². The van der Waals surface area contributed by atoms with Gasteiger partial charge in [-0.3, -0.25) is 4.72 Å². The van der Waals surface area contributed by atoms with Gasteiger partial charge < -0.3 is 9.26 Å². The van der Waals surface area contributed by atoms with Gasteiger partial charge in [-0.2, -0.15) is 0 Å². The fourth-order valence-corrected chi connectivity index (χ4v) is 2.23. The fourth-order valence-electron chi connectivity index (χ4n) is 1.65. The van der Waals surface area contributed by atoms with Crippen LogP contribution in [0.3, 0.4) is 0 Å². The van der Waals surface area contributed by atoms with Crippen LogP contribution >= 0.6 is 0 Å². The van der Waals surface area contributed by atoms with E-state index < -0.39 is 16.0 Å². The first-order valence-electron chi connectivity index (χ1n) is 6.01. The highest BCUT2D eigenvalue weighted by molar-refractivity contribution is 7.92. The lowest BCUT2D eigenvalue weighted by atomic mass is 10.2. The molecule has 0 aliphatic rings. The van der Waals surface area contributed by atoms with Gasteiger partial charge in [0.1, 0.15) is 0 Å². The molecule has 1 N–H and O–H groups in total. The Morgan fingerprint density at radius 1 is 1.38 bits per heavy atom. The molecule has 0 saturated heterocycles. The van der Waals surface area contributed by atoms with Crippen LogP contribution in [0.1, 0.15) is 21.8 Å². The molecule has 2 aromatic rings. The van der Waals surface area contributed by atoms with Crippen molar-refractivity contribution >= 4 is 21.7 Å². The van der Waals surface area contributed by atoms with Gasteiger partial charge in [-0.1, -0.05) is 17.3 Å². The molecule has 0 atom stereocenters. The summed E-state index contributed by atoms with van der Waals surface area (Å²) in [5.41, 5.74) is 0.970. The zero-order valence-electron chi connectivity index (χ0n) is 11.5. The number of hydrogen-bond acceptors (Lipinski definition) is 6. The van der Waals surface area contributed by atoms with E-state index in [1.165, 1.54) is 12.1 Å². The van der Waals surface area contributed by atoms with E-state index in [4.69, 9.17) is 9.26 Å². The maximum absolute atomic E-state index is 12.0. The van der Waals surface area contributed by atoms with Gasteiger partial charge in [0.15, 0.2) is 12.4 Å². The number of anilines is 1. The maximum Gasteiger partial charge on any atom is 0.340 e. The van der Waals surface area contributed by atoms with Crippen molar-refractivity contribution in [1.29, 1.82) is 0 Å². The van der Waals surface area contributed by atoms with E-state index >= 15 is 0 Å². The summed E-state index contributed by atoms with van der Waals surface area (Å²) in [5, 5.41) is 3.68. The number of esters is 1. The number of nitrogens with zero attached hydrogens (tertiary/aromatic N) is 1. The molecule has 0 saturated carbocycles. The van der Waals surface area contributed by atoms with Crippen LogP contribution in [-0.2, 0) is 21.4 Å². The molecule has 0 amide bonds. The predicted octanol–water partition coefficient (Wildman–Crippen LogP) is 1.71. The molecule has 21 heavy (non-hydrogen) atoms. The standard InChI is InChI=1S/C13H14N2O5S/c1-9-7-10(20-14-9)8-19-13(16)11-5-3-4-6-12(11)15-21(2,17)18/h3-7,15H,8H2,1-2H3. The summed E-state index contributed by atoms with van der Waals surface area (Å²) < 4.78 is 34.8. The van der Waals surface area contributed by atoms with Gasteiger partial charge in [-0.05, 0) is 19.1 Å². The topological polar surface area (TPSA) is 98.5 Å². The van der Waals surface area contributed by atoms with Gasteiger partial charge >= 0.3 is 5.97 Å². The van der Waals surface area contributed by atoms with E-state index in [1.54, 1.807) is 25.1 Å². The minimum Gasteiger partial charge on any atom is -0.454 e. The number of ether oxygens (including phenoxy) is 1. The molecule has 112 valence electrons. The number of sulfonamides is 1. The van der Waals surface area contributed by atoms with Crippen LogP contribution in [0, 0.1) is 6.92 Å². The third-order valence-corrected chi connectivity index (χ3v) is 3.06. The SMILES string of the molecule is Cc1cc(COC(=O)c2ccccc2NS(C)(=O)=O)on1. The van der Waals surface area contributed by atoms with Gasteiger partial charge in [-0.25, -0.2) is 13.2 Å². The quantitative estimate of drug-likeness (QED) is 0.844. The van der Waals surface area contributed by atoms with E-state index in [9.17, 15) is 13.2 Å². The molecule has 1 heterocycles. The molecule has 2 rings (SSSR count). The van der Waals surface area contributed by atoms with Crippen LogP contribution in [0.4, 0.5) is 5.69 Å². The second-order valence-corrected chi connectivity index (χ2v) is 6.18. The second-order valence-electron chi connectivity index (χ2n) is 4.43. The zero-order valence-corrected chi connectivity index (χ0v) is 12.3. The Morgan fingerprint density at radius 2 is 2.10 bits per heavy atom. The first-order chi connectivity index (χ1) is 9.85. The van der Waals surface area contributed by atoms with E-state index in [1.807, 2.05) is 0 Å². The normalized spacial score (nSPS) is 11.1. The van der Waals surface area contributed by atoms with E-state index in [2.05, 4.69) is 9.88 Å². The number of carbonyl (C=O) groups is 1. The molecule has 1 aromatic heterocycles. The number of rotatable bonds is 5. The third kappa shape index (κ3) is 4.32. The number of aromatic nitrogens is 1. The average molecular weight is 310 g/mol. The molecule has 0 unspecified atom stereocenters. The summed E-state index contributed by atoms with van der Waals surface area (Å²) in [7, 11) is -3.48. The van der Waals surface area contributed by atoms with Crippen LogP contribution in [0.5, 0.6) is 0 Å². The number of nitrogens with one attached hydrogen (secondary N) is 1. The van der Waals surface area contributed by atoms with Gasteiger partial charge in [0, 0.05) is 6.07 Å². The predicted molar refractivity (Wildman–Crippen MR) is 75.3 cm³/mol. The summed E-state index contributed by atoms with van der Waals surface area (Å²) in [4.78, 5) is 12.0. The largest absolute Gasteiger partial charge is 0.454 e. The fraction of sp³-hybridized carbons (Fsp3) is 0.231. The van der Waals surface area contributed by atoms with Crippen LogP contribution in [0.2, 0.25) is 0 Å². The highest BCUT2D eigenvalue weighted by atomic mass is 32.2. The molecule has 0 fully saturated rings. The number of aryl methyl sites for hydroxylation is 1. The molecule has 0 aliphatic heterocycles. The van der Waals surface area contributed by atoms with E-state index in [-0.39, 0.29) is 17.9 Å². The first-order valence-corrected chi connectivity index (χ1v) is 7.90. The van der Waals surface area contributed by atoms with Crippen molar-refractivity contribution in [2.24, 2.45) is 0 Å². The molecule has 0 bridgehead atoms. The summed E-state index contributed by atoms with van der Waals surface area (Å²) in [5.74, 6) is -0.245. The second kappa shape index (κ2) is 5.96. The van der Waals surface area contributed by atoms with Crippen LogP contribution < -0.4 is 4.72 Å². The molecule has 7 nitrogen and oxygen atoms in total. The molecule has 0 aliphatic carbocycles. The zero-order chi connectivity index (χ0) is 15.5. The van der Waals surface area contributed by atoms with Crippen LogP contribution in [0.25, 0.3) is 0 Å². The highest BCUT2D eigenvalue weighted by Gasteiger charge is 2.15. The summed E-state index contributed by atoms with van der Waals surface area (Å²) in [6, 6.07) is 7.83. The van der Waals surface area contributed by atoms with Gasteiger partial charge in [-0.15, -0.1) is 0 Å². The molecule has 0 radical (unpaired) electrons. The summed E-state index contributed by atoms with van der Waals surface area (Å²) in [6.45, 7) is 1.67. The molecule has 0 spiro atoms. The van der Waals surface area contributed by atoms with Crippen molar-refractivity contribution in [2.75, 3.05) is 11.0 Å². The lowest BCUT2D eigenvalue weighted by Gasteiger charge is -2.09. The lowest BCUT2D eigenvalue weighted by Crippen LogP contribution is -2.14. The minimum atomic E-state index is -3.48. The van der Waals surface area contributed by atoms with E-state index in [0.717, 1.165) is 6.26 Å². The third-order valence-electron chi connectivity index (χ3n) is 2.46. The Morgan fingerprint density at radius 3 is 2.71 bits per heavy atom. The smallest absolute Gasteiger partial charge is 0.340 e. The Labute approximate surface area is 121 Å². The summed E-state index contributed by atoms with van der Waals surface area (Å²) in [6.07, 6.45) is 1.01. The first kappa shape index (κ1) is 15.0. The van der Waals surface area contributed by atoms with Crippen molar-refractivity contribution in [1.82, 2.24) is 5.16 Å². The average Bonchev–Trinajstić information content (AvgIpc) is 2.80. The van der Waals surface area contributed by atoms with Crippen molar-refractivity contribution in [2.45, 2.75) is 13.5 Å². The molecule has 1 aromatic carbocycles. The number of benzene rings is 1. The van der Waals surface area contributed by atoms with Crippen LogP contribution in [0.15, 0.2) is 34.9 Å². The minimum absolute atomic E-state index is 0.0765. The maximum atomic E-state index is 12.0. The van der Waals surface area contributed by atoms with Crippen molar-refractivity contribution in [3.8, 4) is 0 Å². The molecule has 8 heteroatoms. The Balaban J connectivity index is 2.12. The monoisotopic (exact) mass is 310 g/mol. The summed E-state index contributed by atoms with van der Waals surface area (Å²) >= 11 is 0. The number of hydrogen-bond donors (Lipinski definition) is 1. The highest BCUT2D eigenvalue weighted by Crippen LogP contribution is 2.18. The Hall–Kier alpha value is -2.35. The van der Waals surface area contributed by atoms with Crippen molar-refractivity contribution < 1.29 is 22.5 Å². The number of para-hydroxylation sites is 1. The van der Waals surface area contributed by atoms with E-state index in [0.29, 0.717) is 11.5 Å².